The zero-order valence-electron chi connectivity index (χ0n) is 10.2. The molecule has 1 aromatic rings. The molecular formula is C12H21NO2. The zero-order chi connectivity index (χ0) is 12.3. The summed E-state index contributed by atoms with van der Waals surface area (Å²) < 4.78 is 4.50. The number of nitrogen functional groups attached to an aromatic ring is 1. The first-order valence-corrected chi connectivity index (χ1v) is 5.18. The van der Waals surface area contributed by atoms with Crippen LogP contribution in [0.15, 0.2) is 24.3 Å². The molecule has 0 bridgehead atoms. The summed E-state index contributed by atoms with van der Waals surface area (Å²) in [5, 5.41) is 0. The van der Waals surface area contributed by atoms with Gasteiger partial charge in [-0.2, -0.15) is 0 Å². The van der Waals surface area contributed by atoms with E-state index in [1.54, 1.807) is 24.3 Å². The average Bonchev–Trinajstić information content (AvgIpc) is 2.33. The van der Waals surface area contributed by atoms with Crippen LogP contribution in [0.1, 0.15) is 38.1 Å². The van der Waals surface area contributed by atoms with E-state index in [1.807, 2.05) is 27.7 Å². The van der Waals surface area contributed by atoms with Gasteiger partial charge in [0.25, 0.3) is 0 Å². The van der Waals surface area contributed by atoms with Crippen molar-refractivity contribution < 1.29 is 9.53 Å². The van der Waals surface area contributed by atoms with Crippen molar-refractivity contribution in [2.75, 3.05) is 12.8 Å². The third-order valence-corrected chi connectivity index (χ3v) is 1.31. The van der Waals surface area contributed by atoms with Gasteiger partial charge in [-0.1, -0.05) is 33.8 Å². The van der Waals surface area contributed by atoms with Crippen LogP contribution in [-0.2, 0) is 4.74 Å². The van der Waals surface area contributed by atoms with E-state index in [0.29, 0.717) is 11.3 Å². The maximum absolute atomic E-state index is 10.9. The fourth-order valence-electron chi connectivity index (χ4n) is 0.783. The number of anilines is 1. The Bertz CT molecular complexity index is 272. The number of nitrogens with two attached hydrogens (primary N) is 1. The molecule has 0 fully saturated rings. The number of methoxy groups -OCH3 is 1. The van der Waals surface area contributed by atoms with Crippen LogP contribution in [0.5, 0.6) is 0 Å². The average molecular weight is 211 g/mol. The second-order valence-corrected chi connectivity index (χ2v) is 2.12. The fraction of sp³-hybridized carbons (Fsp3) is 0.417. The minimum absolute atomic E-state index is 0.364. The fourth-order valence-corrected chi connectivity index (χ4v) is 0.783. The van der Waals surface area contributed by atoms with E-state index in [2.05, 4.69) is 4.74 Å². The standard InChI is InChI=1S/C8H9NO2.2C2H6/c1-11-8(10)6-3-2-4-7(9)5-6;2*1-2/h2-5H,9H2,1H3;2*1-2H3. The highest BCUT2D eigenvalue weighted by Gasteiger charge is 2.02. The maximum atomic E-state index is 10.9. The molecule has 0 aliphatic rings. The molecule has 3 heteroatoms. The minimum Gasteiger partial charge on any atom is -0.465 e. The number of rotatable bonds is 1. The lowest BCUT2D eigenvalue weighted by Crippen LogP contribution is -2.01. The van der Waals surface area contributed by atoms with Gasteiger partial charge in [0.2, 0.25) is 0 Å². The molecule has 0 aliphatic heterocycles. The van der Waals surface area contributed by atoms with Crippen molar-refractivity contribution in [1.82, 2.24) is 0 Å². The van der Waals surface area contributed by atoms with E-state index >= 15 is 0 Å². The Morgan fingerprint density at radius 3 is 2.13 bits per heavy atom. The summed E-state index contributed by atoms with van der Waals surface area (Å²) in [7, 11) is 1.34. The van der Waals surface area contributed by atoms with E-state index in [1.165, 1.54) is 7.11 Å². The number of benzene rings is 1. The second-order valence-electron chi connectivity index (χ2n) is 2.12. The normalized spacial score (nSPS) is 7.53. The van der Waals surface area contributed by atoms with Gasteiger partial charge >= 0.3 is 5.97 Å². The highest BCUT2D eigenvalue weighted by molar-refractivity contribution is 5.90. The lowest BCUT2D eigenvalue weighted by molar-refractivity contribution is 0.0601. The van der Waals surface area contributed by atoms with E-state index < -0.39 is 0 Å². The van der Waals surface area contributed by atoms with Gasteiger partial charge in [0.15, 0.2) is 0 Å². The number of ether oxygens (including phenoxy) is 1. The van der Waals surface area contributed by atoms with E-state index in [4.69, 9.17) is 5.73 Å². The predicted octanol–water partition coefficient (Wildman–Crippen LogP) is 3.11. The zero-order valence-corrected chi connectivity index (χ0v) is 10.2. The lowest BCUT2D eigenvalue weighted by atomic mass is 10.2. The predicted molar refractivity (Wildman–Crippen MR) is 64.9 cm³/mol. The van der Waals surface area contributed by atoms with Gasteiger partial charge in [-0.05, 0) is 18.2 Å². The summed E-state index contributed by atoms with van der Waals surface area (Å²) in [4.78, 5) is 10.9. The van der Waals surface area contributed by atoms with Gasteiger partial charge in [-0.25, -0.2) is 4.79 Å². The second kappa shape index (κ2) is 10.6. The highest BCUT2D eigenvalue weighted by atomic mass is 16.5. The molecule has 3 nitrogen and oxygen atoms in total. The molecule has 0 aromatic heterocycles. The van der Waals surface area contributed by atoms with Crippen LogP contribution in [0, 0.1) is 0 Å². The number of carbonyl (C=O) groups excluding carboxylic acids is 1. The first-order chi connectivity index (χ1) is 7.24. The first kappa shape index (κ1) is 15.9. The maximum Gasteiger partial charge on any atom is 0.337 e. The Hall–Kier alpha value is -1.51. The van der Waals surface area contributed by atoms with Crippen molar-refractivity contribution in [1.29, 1.82) is 0 Å². The topological polar surface area (TPSA) is 52.3 Å². The molecule has 2 N–H and O–H groups in total. The van der Waals surface area contributed by atoms with E-state index in [9.17, 15) is 4.79 Å². The molecule has 0 heterocycles. The molecule has 0 spiro atoms. The molecule has 1 aromatic carbocycles. The summed E-state index contributed by atoms with van der Waals surface area (Å²) >= 11 is 0. The van der Waals surface area contributed by atoms with Gasteiger partial charge in [0, 0.05) is 5.69 Å². The summed E-state index contributed by atoms with van der Waals surface area (Å²) in [6.07, 6.45) is 0. The van der Waals surface area contributed by atoms with Crippen LogP contribution in [0.4, 0.5) is 5.69 Å². The number of hydrogen-bond donors (Lipinski definition) is 1. The Morgan fingerprint density at radius 2 is 1.73 bits per heavy atom. The Morgan fingerprint density at radius 1 is 1.20 bits per heavy atom. The molecule has 0 saturated heterocycles. The quantitative estimate of drug-likeness (QED) is 0.573. The van der Waals surface area contributed by atoms with Gasteiger partial charge < -0.3 is 10.5 Å². The molecule has 0 saturated carbocycles. The molecule has 0 aliphatic carbocycles. The number of hydrogen-bond acceptors (Lipinski definition) is 3. The minimum atomic E-state index is -0.364. The molecule has 0 amide bonds. The van der Waals surface area contributed by atoms with Crippen molar-refractivity contribution in [3.05, 3.63) is 29.8 Å². The van der Waals surface area contributed by atoms with Crippen molar-refractivity contribution in [2.45, 2.75) is 27.7 Å². The van der Waals surface area contributed by atoms with E-state index in [0.717, 1.165) is 0 Å². The van der Waals surface area contributed by atoms with Gasteiger partial charge in [0.05, 0.1) is 12.7 Å². The van der Waals surface area contributed by atoms with Crippen molar-refractivity contribution in [3.8, 4) is 0 Å². The van der Waals surface area contributed by atoms with Crippen molar-refractivity contribution >= 4 is 11.7 Å². The molecule has 0 radical (unpaired) electrons. The summed E-state index contributed by atoms with van der Waals surface area (Å²) in [5.74, 6) is -0.364. The number of carbonyl (C=O) groups is 1. The molecule has 15 heavy (non-hydrogen) atoms. The Labute approximate surface area is 92.2 Å². The highest BCUT2D eigenvalue weighted by Crippen LogP contribution is 2.06. The van der Waals surface area contributed by atoms with Crippen LogP contribution in [-0.4, -0.2) is 13.1 Å². The largest absolute Gasteiger partial charge is 0.465 e. The molecule has 0 unspecified atom stereocenters. The van der Waals surface area contributed by atoms with Crippen molar-refractivity contribution in [3.63, 3.8) is 0 Å². The third kappa shape index (κ3) is 6.55. The summed E-state index contributed by atoms with van der Waals surface area (Å²) in [6, 6.07) is 6.65. The van der Waals surface area contributed by atoms with Crippen LogP contribution < -0.4 is 5.73 Å². The number of esters is 1. The van der Waals surface area contributed by atoms with Gasteiger partial charge in [0.1, 0.15) is 0 Å². The van der Waals surface area contributed by atoms with Gasteiger partial charge in [-0.15, -0.1) is 0 Å². The van der Waals surface area contributed by atoms with Crippen LogP contribution >= 0.6 is 0 Å². The van der Waals surface area contributed by atoms with Gasteiger partial charge in [-0.3, -0.25) is 0 Å². The van der Waals surface area contributed by atoms with E-state index in [-0.39, 0.29) is 5.97 Å². The Balaban J connectivity index is 0. The van der Waals surface area contributed by atoms with Crippen LogP contribution in [0.3, 0.4) is 0 Å². The molecule has 0 atom stereocenters. The van der Waals surface area contributed by atoms with Crippen LogP contribution in [0.25, 0.3) is 0 Å². The molecule has 1 rings (SSSR count). The summed E-state index contributed by atoms with van der Waals surface area (Å²) in [5.41, 5.74) is 6.49. The Kier molecular flexibility index (Phi) is 11.2. The molecule has 86 valence electrons. The first-order valence-electron chi connectivity index (χ1n) is 5.18. The summed E-state index contributed by atoms with van der Waals surface area (Å²) in [6.45, 7) is 8.00. The third-order valence-electron chi connectivity index (χ3n) is 1.31. The molecular weight excluding hydrogens is 190 g/mol. The SMILES string of the molecule is CC.CC.COC(=O)c1cccc(N)c1. The van der Waals surface area contributed by atoms with Crippen molar-refractivity contribution in [2.24, 2.45) is 0 Å². The monoisotopic (exact) mass is 211 g/mol. The van der Waals surface area contributed by atoms with Crippen LogP contribution in [0.2, 0.25) is 0 Å². The lowest BCUT2D eigenvalue weighted by Gasteiger charge is -1.98. The smallest absolute Gasteiger partial charge is 0.337 e.